The molecular weight excluding hydrogens is 254 g/mol. The van der Waals surface area contributed by atoms with Gasteiger partial charge in [-0.2, -0.15) is 5.10 Å². The molecule has 1 aliphatic carbocycles. The molecule has 112 valence electrons. The van der Waals surface area contributed by atoms with Gasteiger partial charge in [0.1, 0.15) is 0 Å². The summed E-state index contributed by atoms with van der Waals surface area (Å²) in [6.45, 7) is 4.01. The lowest BCUT2D eigenvalue weighted by Gasteiger charge is -2.24. The van der Waals surface area contributed by atoms with Crippen LogP contribution in [0.4, 0.5) is 0 Å². The van der Waals surface area contributed by atoms with Gasteiger partial charge in [0.05, 0.1) is 12.1 Å². The Kier molecular flexibility index (Phi) is 5.17. The van der Waals surface area contributed by atoms with E-state index in [1.165, 1.54) is 6.42 Å². The van der Waals surface area contributed by atoms with E-state index in [1.807, 2.05) is 13.8 Å². The van der Waals surface area contributed by atoms with Crippen LogP contribution >= 0.6 is 0 Å². The zero-order valence-electron chi connectivity index (χ0n) is 12.4. The van der Waals surface area contributed by atoms with Crippen LogP contribution in [-0.4, -0.2) is 33.9 Å². The maximum Gasteiger partial charge on any atom is 0.224 e. The molecule has 1 saturated carbocycles. The number of H-pyrrole nitrogens is 1. The molecule has 2 rings (SSSR count). The van der Waals surface area contributed by atoms with Crippen molar-refractivity contribution in [3.8, 4) is 0 Å². The second-order valence-electron chi connectivity index (χ2n) is 5.84. The summed E-state index contributed by atoms with van der Waals surface area (Å²) in [6.07, 6.45) is 5.82. The van der Waals surface area contributed by atoms with Crippen molar-refractivity contribution in [2.45, 2.75) is 58.4 Å². The fourth-order valence-electron chi connectivity index (χ4n) is 3.05. The summed E-state index contributed by atoms with van der Waals surface area (Å²) in [7, 11) is 0. The molecule has 1 aromatic heterocycles. The minimum Gasteiger partial charge on any atom is -0.396 e. The van der Waals surface area contributed by atoms with Gasteiger partial charge in [-0.1, -0.05) is 19.3 Å². The number of aromatic amines is 1. The number of hydrogen-bond donors (Lipinski definition) is 3. The van der Waals surface area contributed by atoms with E-state index in [0.29, 0.717) is 6.42 Å². The molecule has 1 aliphatic rings. The number of nitrogens with zero attached hydrogens (tertiary/aromatic N) is 1. The summed E-state index contributed by atoms with van der Waals surface area (Å²) >= 11 is 0. The molecule has 5 nitrogen and oxygen atoms in total. The van der Waals surface area contributed by atoms with Crippen LogP contribution in [0, 0.1) is 19.8 Å². The van der Waals surface area contributed by atoms with Crippen molar-refractivity contribution in [3.05, 3.63) is 17.0 Å². The standard InChI is InChI=1S/C15H25N3O2/c1-10-13(11(2)18-17-10)8-15(20)16-14-7-5-3-4-6-12(14)9-19/h12,14,19H,3-9H2,1-2H3,(H,16,20)(H,17,18)/t12-,14-/m1/s1. The second kappa shape index (κ2) is 6.88. The Hall–Kier alpha value is -1.36. The summed E-state index contributed by atoms with van der Waals surface area (Å²) in [5.41, 5.74) is 2.83. The largest absolute Gasteiger partial charge is 0.396 e. The maximum atomic E-state index is 12.2. The second-order valence-corrected chi connectivity index (χ2v) is 5.84. The van der Waals surface area contributed by atoms with Crippen molar-refractivity contribution in [2.24, 2.45) is 5.92 Å². The lowest BCUT2D eigenvalue weighted by atomic mass is 9.95. The van der Waals surface area contributed by atoms with E-state index in [-0.39, 0.29) is 24.5 Å². The molecule has 0 bridgehead atoms. The number of carbonyl (C=O) groups is 1. The van der Waals surface area contributed by atoms with Crippen LogP contribution in [-0.2, 0) is 11.2 Å². The number of rotatable bonds is 4. The summed E-state index contributed by atoms with van der Waals surface area (Å²) in [6, 6.07) is 0.113. The van der Waals surface area contributed by atoms with Gasteiger partial charge < -0.3 is 10.4 Å². The normalized spacial score (nSPS) is 23.4. The average molecular weight is 279 g/mol. The first kappa shape index (κ1) is 15.0. The van der Waals surface area contributed by atoms with E-state index in [0.717, 1.165) is 42.6 Å². The highest BCUT2D eigenvalue weighted by atomic mass is 16.3. The van der Waals surface area contributed by atoms with Crippen molar-refractivity contribution in [3.63, 3.8) is 0 Å². The van der Waals surface area contributed by atoms with Gasteiger partial charge >= 0.3 is 0 Å². The van der Waals surface area contributed by atoms with Crippen LogP contribution in [0.2, 0.25) is 0 Å². The van der Waals surface area contributed by atoms with E-state index in [1.54, 1.807) is 0 Å². The Morgan fingerprint density at radius 2 is 2.10 bits per heavy atom. The number of carbonyl (C=O) groups excluding carboxylic acids is 1. The van der Waals surface area contributed by atoms with E-state index < -0.39 is 0 Å². The van der Waals surface area contributed by atoms with E-state index in [9.17, 15) is 9.90 Å². The van der Waals surface area contributed by atoms with E-state index >= 15 is 0 Å². The first-order chi connectivity index (χ1) is 9.61. The van der Waals surface area contributed by atoms with Crippen LogP contribution in [0.15, 0.2) is 0 Å². The van der Waals surface area contributed by atoms with Gasteiger partial charge in [-0.3, -0.25) is 9.89 Å². The molecule has 0 aliphatic heterocycles. The molecule has 0 unspecified atom stereocenters. The van der Waals surface area contributed by atoms with Crippen molar-refractivity contribution < 1.29 is 9.90 Å². The zero-order valence-corrected chi connectivity index (χ0v) is 12.4. The molecular formula is C15H25N3O2. The number of nitrogens with one attached hydrogen (secondary N) is 2. The molecule has 3 N–H and O–H groups in total. The third-order valence-electron chi connectivity index (χ3n) is 4.36. The quantitative estimate of drug-likeness (QED) is 0.733. The van der Waals surface area contributed by atoms with Crippen molar-refractivity contribution in [1.82, 2.24) is 15.5 Å². The molecule has 0 aromatic carbocycles. The van der Waals surface area contributed by atoms with E-state index in [2.05, 4.69) is 15.5 Å². The summed E-state index contributed by atoms with van der Waals surface area (Å²) in [5.74, 6) is 0.232. The topological polar surface area (TPSA) is 78.0 Å². The predicted molar refractivity (Wildman–Crippen MR) is 77.4 cm³/mol. The van der Waals surface area contributed by atoms with Gasteiger partial charge in [0.2, 0.25) is 5.91 Å². The van der Waals surface area contributed by atoms with Crippen molar-refractivity contribution in [1.29, 1.82) is 0 Å². The van der Waals surface area contributed by atoms with Gasteiger partial charge in [-0.05, 0) is 26.7 Å². The number of amides is 1. The highest BCUT2D eigenvalue weighted by Gasteiger charge is 2.25. The molecule has 1 fully saturated rings. The van der Waals surface area contributed by atoms with Crippen LogP contribution in [0.3, 0.4) is 0 Å². The third kappa shape index (κ3) is 3.60. The molecule has 2 atom stereocenters. The zero-order chi connectivity index (χ0) is 14.5. The fourth-order valence-corrected chi connectivity index (χ4v) is 3.05. The van der Waals surface area contributed by atoms with Gasteiger partial charge in [0.25, 0.3) is 0 Å². The smallest absolute Gasteiger partial charge is 0.224 e. The Morgan fingerprint density at radius 1 is 1.35 bits per heavy atom. The first-order valence-corrected chi connectivity index (χ1v) is 7.52. The van der Waals surface area contributed by atoms with Gasteiger partial charge in [-0.15, -0.1) is 0 Å². The Bertz CT molecular complexity index is 436. The minimum absolute atomic E-state index is 0.0305. The Labute approximate surface area is 120 Å². The molecule has 1 aromatic rings. The Balaban J connectivity index is 1.96. The Morgan fingerprint density at radius 3 is 2.75 bits per heavy atom. The average Bonchev–Trinajstić information content (AvgIpc) is 2.65. The van der Waals surface area contributed by atoms with Crippen LogP contribution in [0.25, 0.3) is 0 Å². The molecule has 0 spiro atoms. The minimum atomic E-state index is 0.0305. The summed E-state index contributed by atoms with van der Waals surface area (Å²) in [4.78, 5) is 12.2. The molecule has 0 saturated heterocycles. The van der Waals surface area contributed by atoms with Gasteiger partial charge in [0.15, 0.2) is 0 Å². The SMILES string of the molecule is Cc1n[nH]c(C)c1CC(=O)N[C@@H]1CCCCC[C@@H]1CO. The van der Waals surface area contributed by atoms with Crippen molar-refractivity contribution in [2.75, 3.05) is 6.61 Å². The molecule has 0 radical (unpaired) electrons. The van der Waals surface area contributed by atoms with Crippen LogP contribution in [0.1, 0.15) is 49.1 Å². The molecule has 1 heterocycles. The number of aromatic nitrogens is 2. The molecule has 20 heavy (non-hydrogen) atoms. The molecule has 5 heteroatoms. The van der Waals surface area contributed by atoms with E-state index in [4.69, 9.17) is 0 Å². The maximum absolute atomic E-state index is 12.2. The van der Waals surface area contributed by atoms with Crippen molar-refractivity contribution >= 4 is 5.91 Å². The monoisotopic (exact) mass is 279 g/mol. The third-order valence-corrected chi connectivity index (χ3v) is 4.36. The molecule has 1 amide bonds. The highest BCUT2D eigenvalue weighted by molar-refractivity contribution is 5.79. The number of aliphatic hydroxyl groups is 1. The van der Waals surface area contributed by atoms with Crippen LogP contribution < -0.4 is 5.32 Å². The number of hydrogen-bond acceptors (Lipinski definition) is 3. The van der Waals surface area contributed by atoms with Gasteiger partial charge in [0, 0.05) is 29.8 Å². The summed E-state index contributed by atoms with van der Waals surface area (Å²) < 4.78 is 0. The number of aliphatic hydroxyl groups excluding tert-OH is 1. The van der Waals surface area contributed by atoms with Crippen LogP contribution in [0.5, 0.6) is 0 Å². The summed E-state index contributed by atoms with van der Waals surface area (Å²) in [5, 5.41) is 19.6. The lowest BCUT2D eigenvalue weighted by molar-refractivity contribution is -0.121. The highest BCUT2D eigenvalue weighted by Crippen LogP contribution is 2.23. The first-order valence-electron chi connectivity index (χ1n) is 7.52. The lowest BCUT2D eigenvalue weighted by Crippen LogP contribution is -2.41. The van der Waals surface area contributed by atoms with Gasteiger partial charge in [-0.25, -0.2) is 0 Å². The number of aryl methyl sites for hydroxylation is 2. The fraction of sp³-hybridized carbons (Fsp3) is 0.733. The predicted octanol–water partition coefficient (Wildman–Crippen LogP) is 1.63.